The second kappa shape index (κ2) is 8.71. The van der Waals surface area contributed by atoms with Crippen molar-refractivity contribution in [3.05, 3.63) is 22.4 Å². The Morgan fingerprint density at radius 3 is 2.86 bits per heavy atom. The highest BCUT2D eigenvalue weighted by molar-refractivity contribution is 9.10. The van der Waals surface area contributed by atoms with Gasteiger partial charge in [-0.15, -0.1) is 0 Å². The van der Waals surface area contributed by atoms with Crippen molar-refractivity contribution in [3.63, 3.8) is 0 Å². The van der Waals surface area contributed by atoms with Crippen molar-refractivity contribution in [3.8, 4) is 0 Å². The van der Waals surface area contributed by atoms with Crippen molar-refractivity contribution < 1.29 is 19.4 Å². The molecule has 2 N–H and O–H groups in total. The number of ether oxygens (including phenoxy) is 1. The molecule has 0 aromatic carbocycles. The van der Waals surface area contributed by atoms with Crippen LogP contribution in [0, 0.1) is 0 Å². The van der Waals surface area contributed by atoms with E-state index in [1.54, 1.807) is 11.9 Å². The number of halogens is 1. The lowest BCUT2D eigenvalue weighted by molar-refractivity contribution is -0.117. The van der Waals surface area contributed by atoms with E-state index in [1.807, 2.05) is 6.92 Å². The number of hydrogen-bond acceptors (Lipinski definition) is 5. The third-order valence-corrected chi connectivity index (χ3v) is 3.00. The van der Waals surface area contributed by atoms with E-state index in [1.165, 1.54) is 12.3 Å². The number of hydrogen-bond donors (Lipinski definition) is 2. The van der Waals surface area contributed by atoms with Gasteiger partial charge in [-0.2, -0.15) is 0 Å². The number of nitrogens with zero attached hydrogens (tertiary/aromatic N) is 2. The molecule has 0 saturated heterocycles. The number of likely N-dealkylation sites (N-methyl/N-ethyl adjacent to an activating group) is 1. The minimum atomic E-state index is -1.19. The predicted molar refractivity (Wildman–Crippen MR) is 81.5 cm³/mol. The highest BCUT2D eigenvalue weighted by atomic mass is 79.9. The van der Waals surface area contributed by atoms with Gasteiger partial charge in [-0.3, -0.25) is 9.69 Å². The molecule has 0 spiro atoms. The van der Waals surface area contributed by atoms with E-state index in [4.69, 9.17) is 9.84 Å². The van der Waals surface area contributed by atoms with Gasteiger partial charge >= 0.3 is 5.97 Å². The van der Waals surface area contributed by atoms with E-state index in [-0.39, 0.29) is 23.8 Å². The van der Waals surface area contributed by atoms with Gasteiger partial charge in [0.25, 0.3) is 0 Å². The summed E-state index contributed by atoms with van der Waals surface area (Å²) in [6.07, 6.45) is 1.37. The number of carbonyl (C=O) groups is 2. The number of nitrogens with one attached hydrogen (secondary N) is 1. The van der Waals surface area contributed by atoms with Gasteiger partial charge in [-0.1, -0.05) is 0 Å². The molecule has 1 aromatic rings. The third-order valence-electron chi connectivity index (χ3n) is 2.57. The van der Waals surface area contributed by atoms with E-state index >= 15 is 0 Å². The SMILES string of the molecule is CCOCCN(C)CC(=O)Nc1cc(Br)cnc1C(=O)O. The van der Waals surface area contributed by atoms with Crippen molar-refractivity contribution in [2.75, 3.05) is 38.7 Å². The normalized spacial score (nSPS) is 10.7. The molecule has 0 aliphatic rings. The summed E-state index contributed by atoms with van der Waals surface area (Å²) in [5, 5.41) is 11.6. The first-order valence-electron chi connectivity index (χ1n) is 6.39. The first-order chi connectivity index (χ1) is 9.93. The van der Waals surface area contributed by atoms with Crippen LogP contribution in [0.1, 0.15) is 17.4 Å². The van der Waals surface area contributed by atoms with Crippen LogP contribution in [0.25, 0.3) is 0 Å². The summed E-state index contributed by atoms with van der Waals surface area (Å²) in [6, 6.07) is 1.51. The molecule has 8 heteroatoms. The zero-order valence-corrected chi connectivity index (χ0v) is 13.5. The van der Waals surface area contributed by atoms with E-state index in [0.717, 1.165) is 0 Å². The van der Waals surface area contributed by atoms with Gasteiger partial charge in [-0.25, -0.2) is 9.78 Å². The molecule has 0 radical (unpaired) electrons. The minimum absolute atomic E-state index is 0.138. The molecule has 0 saturated carbocycles. The number of pyridine rings is 1. The average Bonchev–Trinajstić information content (AvgIpc) is 2.38. The fourth-order valence-electron chi connectivity index (χ4n) is 1.58. The van der Waals surface area contributed by atoms with Crippen LogP contribution in [0.15, 0.2) is 16.7 Å². The molecule has 7 nitrogen and oxygen atoms in total. The Bertz CT molecular complexity index is 510. The van der Waals surface area contributed by atoms with Gasteiger partial charge in [-0.05, 0) is 36.0 Å². The maximum atomic E-state index is 11.9. The first kappa shape index (κ1) is 17.5. The lowest BCUT2D eigenvalue weighted by atomic mass is 10.3. The molecule has 0 aliphatic carbocycles. The maximum Gasteiger partial charge on any atom is 0.356 e. The molecule has 21 heavy (non-hydrogen) atoms. The Morgan fingerprint density at radius 1 is 1.52 bits per heavy atom. The molecule has 1 amide bonds. The average molecular weight is 360 g/mol. The topological polar surface area (TPSA) is 91.8 Å². The molecular weight excluding hydrogens is 342 g/mol. The lowest BCUT2D eigenvalue weighted by Crippen LogP contribution is -2.33. The Labute approximate surface area is 131 Å². The van der Waals surface area contributed by atoms with Crippen molar-refractivity contribution in [1.29, 1.82) is 0 Å². The Hall–Kier alpha value is -1.51. The van der Waals surface area contributed by atoms with Crippen LogP contribution in [0.3, 0.4) is 0 Å². The van der Waals surface area contributed by atoms with Gasteiger partial charge in [0.15, 0.2) is 5.69 Å². The lowest BCUT2D eigenvalue weighted by Gasteiger charge is -2.16. The molecule has 116 valence electrons. The summed E-state index contributed by atoms with van der Waals surface area (Å²) >= 11 is 3.19. The number of carbonyl (C=O) groups excluding carboxylic acids is 1. The van der Waals surface area contributed by atoms with Crippen LogP contribution in [-0.2, 0) is 9.53 Å². The number of aromatic nitrogens is 1. The smallest absolute Gasteiger partial charge is 0.356 e. The van der Waals surface area contributed by atoms with Gasteiger partial charge in [0, 0.05) is 23.8 Å². The fourth-order valence-corrected chi connectivity index (χ4v) is 1.91. The molecule has 1 heterocycles. The van der Waals surface area contributed by atoms with Crippen molar-refractivity contribution >= 4 is 33.5 Å². The summed E-state index contributed by atoms with van der Waals surface area (Å²) in [4.78, 5) is 28.5. The van der Waals surface area contributed by atoms with Crippen LogP contribution in [0.4, 0.5) is 5.69 Å². The monoisotopic (exact) mass is 359 g/mol. The molecule has 0 fully saturated rings. The van der Waals surface area contributed by atoms with E-state index < -0.39 is 5.97 Å². The van der Waals surface area contributed by atoms with Crippen LogP contribution in [0.2, 0.25) is 0 Å². The summed E-state index contributed by atoms with van der Waals surface area (Å²) in [5.74, 6) is -1.50. The molecular formula is C13H18BrN3O4. The number of amides is 1. The zero-order valence-electron chi connectivity index (χ0n) is 11.9. The summed E-state index contributed by atoms with van der Waals surface area (Å²) < 4.78 is 5.79. The fraction of sp³-hybridized carbons (Fsp3) is 0.462. The van der Waals surface area contributed by atoms with E-state index in [9.17, 15) is 9.59 Å². The molecule has 1 rings (SSSR count). The maximum absolute atomic E-state index is 11.9. The zero-order chi connectivity index (χ0) is 15.8. The van der Waals surface area contributed by atoms with Crippen LogP contribution in [0.5, 0.6) is 0 Å². The van der Waals surface area contributed by atoms with Crippen LogP contribution < -0.4 is 5.32 Å². The number of carboxylic acids is 1. The van der Waals surface area contributed by atoms with Crippen molar-refractivity contribution in [1.82, 2.24) is 9.88 Å². The molecule has 0 bridgehead atoms. The summed E-state index contributed by atoms with van der Waals surface area (Å²) in [7, 11) is 1.79. The second-order valence-electron chi connectivity index (χ2n) is 4.34. The molecule has 0 aliphatic heterocycles. The van der Waals surface area contributed by atoms with Gasteiger partial charge in [0.1, 0.15) is 0 Å². The molecule has 0 unspecified atom stereocenters. The Morgan fingerprint density at radius 2 is 2.24 bits per heavy atom. The van der Waals surface area contributed by atoms with Gasteiger partial charge < -0.3 is 15.2 Å². The quantitative estimate of drug-likeness (QED) is 0.682. The van der Waals surface area contributed by atoms with Crippen molar-refractivity contribution in [2.45, 2.75) is 6.92 Å². The molecule has 0 atom stereocenters. The first-order valence-corrected chi connectivity index (χ1v) is 7.18. The van der Waals surface area contributed by atoms with Crippen molar-refractivity contribution in [2.24, 2.45) is 0 Å². The molecule has 1 aromatic heterocycles. The Kier molecular flexibility index (Phi) is 7.27. The van der Waals surface area contributed by atoms with Crippen LogP contribution >= 0.6 is 15.9 Å². The van der Waals surface area contributed by atoms with E-state index in [0.29, 0.717) is 24.2 Å². The Balaban J connectivity index is 2.62. The minimum Gasteiger partial charge on any atom is -0.476 e. The predicted octanol–water partition coefficient (Wildman–Crippen LogP) is 1.45. The number of rotatable bonds is 8. The standard InChI is InChI=1S/C13H18BrN3O4/c1-3-21-5-4-17(2)8-11(18)16-10-6-9(14)7-15-12(10)13(19)20/h6-7H,3-5,8H2,1-2H3,(H,16,18)(H,19,20). The summed E-state index contributed by atoms with van der Waals surface area (Å²) in [5.41, 5.74) is -0.0244. The number of aromatic carboxylic acids is 1. The summed E-state index contributed by atoms with van der Waals surface area (Å²) in [6.45, 7) is 3.83. The van der Waals surface area contributed by atoms with E-state index in [2.05, 4.69) is 26.2 Å². The highest BCUT2D eigenvalue weighted by Crippen LogP contribution is 2.19. The highest BCUT2D eigenvalue weighted by Gasteiger charge is 2.15. The van der Waals surface area contributed by atoms with Crippen LogP contribution in [-0.4, -0.2) is 60.2 Å². The second-order valence-corrected chi connectivity index (χ2v) is 5.25. The third kappa shape index (κ3) is 6.19. The number of carboxylic acid groups (broad SMARTS) is 1. The van der Waals surface area contributed by atoms with Gasteiger partial charge in [0.05, 0.1) is 18.8 Å². The number of anilines is 1. The van der Waals surface area contributed by atoms with Gasteiger partial charge in [0.2, 0.25) is 5.91 Å². The largest absolute Gasteiger partial charge is 0.476 e.